The van der Waals surface area contributed by atoms with E-state index in [2.05, 4.69) is 27.7 Å². The van der Waals surface area contributed by atoms with Crippen LogP contribution in [0.3, 0.4) is 0 Å². The first kappa shape index (κ1) is 123. The van der Waals surface area contributed by atoms with Gasteiger partial charge in [-0.3, -0.25) is 0 Å². The van der Waals surface area contributed by atoms with E-state index in [1.165, 1.54) is 6.42 Å². The van der Waals surface area contributed by atoms with Gasteiger partial charge in [-0.15, -0.1) is 0 Å². The average molecular weight is 1710 g/mol. The second-order valence-electron chi connectivity index (χ2n) is 31.5. The number of unbranched alkanes of at least 4 members (excludes halogenated alkanes) is 20. The molecule has 0 spiro atoms. The highest BCUT2D eigenvalue weighted by molar-refractivity contribution is 4.64. The Bertz CT molecular complexity index is 1650. The van der Waals surface area contributed by atoms with Crippen LogP contribution in [0, 0.1) is 17.8 Å². The maximum Gasteiger partial charge on any atom is 0.0478 e. The molecule has 118 heavy (non-hydrogen) atoms. The summed E-state index contributed by atoms with van der Waals surface area (Å²) in [5.74, 6) is 2.29. The van der Waals surface area contributed by atoms with E-state index in [4.69, 9.17) is 105 Å². The highest BCUT2D eigenvalue weighted by Crippen LogP contribution is 2.22. The van der Waals surface area contributed by atoms with Crippen molar-refractivity contribution in [1.29, 1.82) is 0 Å². The van der Waals surface area contributed by atoms with Crippen molar-refractivity contribution in [2.24, 2.45) is 23.5 Å². The molecule has 0 saturated heterocycles. The van der Waals surface area contributed by atoms with Gasteiger partial charge in [-0.1, -0.05) is 50.0 Å². The molecule has 0 aromatic heterocycles. The Labute approximate surface area is 729 Å². The third kappa shape index (κ3) is 115. The monoisotopic (exact) mass is 1700 g/mol. The zero-order valence-corrected chi connectivity index (χ0v) is 75.7. The highest BCUT2D eigenvalue weighted by atomic mass is 16.5. The van der Waals surface area contributed by atoms with E-state index < -0.39 is 0 Å². The molecule has 22 heteroatoms. The number of ether oxygens (including phenoxy) is 21. The van der Waals surface area contributed by atoms with Crippen LogP contribution in [0.1, 0.15) is 326 Å². The number of hydrogen-bond acceptors (Lipinski definition) is 22. The maximum absolute atomic E-state index is 5.87. The molecule has 0 rings (SSSR count). The molecule has 0 radical (unpaired) electrons. The van der Waals surface area contributed by atoms with Crippen molar-refractivity contribution in [2.75, 3.05) is 284 Å². The van der Waals surface area contributed by atoms with E-state index in [-0.39, 0.29) is 22.3 Å². The second kappa shape index (κ2) is 116. The molecule has 0 heterocycles. The molecule has 0 aromatic rings. The summed E-state index contributed by atoms with van der Waals surface area (Å²) in [6.07, 6.45) is 45.2. The molecule has 22 nitrogen and oxygen atoms in total. The predicted molar refractivity (Wildman–Crippen MR) is 488 cm³/mol. The second-order valence-corrected chi connectivity index (χ2v) is 31.5. The van der Waals surface area contributed by atoms with Gasteiger partial charge in [-0.05, 0) is 300 Å². The van der Waals surface area contributed by atoms with Gasteiger partial charge in [0.2, 0.25) is 0 Å². The summed E-state index contributed by atoms with van der Waals surface area (Å²) in [7, 11) is 0. The van der Waals surface area contributed by atoms with Gasteiger partial charge in [-0.2, -0.15) is 0 Å². The Morgan fingerprint density at radius 3 is 0.322 bits per heavy atom. The minimum atomic E-state index is 0. The molecule has 2 N–H and O–H groups in total. The molecule has 0 bridgehead atoms. The summed E-state index contributed by atoms with van der Waals surface area (Å²) in [5.41, 5.74) is 5.46. The fraction of sp³-hybridized carbons (Fsp3) is 1.00. The minimum absolute atomic E-state index is 0. The van der Waals surface area contributed by atoms with E-state index >= 15 is 0 Å². The predicted octanol–water partition coefficient (Wildman–Crippen LogP) is 20.9. The summed E-state index contributed by atoms with van der Waals surface area (Å²) in [6.45, 7) is 44.0. The van der Waals surface area contributed by atoms with Crippen LogP contribution in [0.25, 0.3) is 0 Å². The van der Waals surface area contributed by atoms with Crippen LogP contribution in [-0.4, -0.2) is 284 Å². The van der Waals surface area contributed by atoms with E-state index in [0.29, 0.717) is 6.54 Å². The van der Waals surface area contributed by atoms with Gasteiger partial charge in [0.15, 0.2) is 0 Å². The van der Waals surface area contributed by atoms with E-state index in [1.54, 1.807) is 0 Å². The van der Waals surface area contributed by atoms with Gasteiger partial charge in [-0.25, -0.2) is 0 Å². The molecule has 0 amide bonds. The van der Waals surface area contributed by atoms with Gasteiger partial charge in [0.1, 0.15) is 0 Å². The molecule has 0 saturated carbocycles. The quantitative estimate of drug-likeness (QED) is 0.0559. The zero-order chi connectivity index (χ0) is 82.4. The summed E-state index contributed by atoms with van der Waals surface area (Å²) in [5, 5.41) is 0. The lowest BCUT2D eigenvalue weighted by atomic mass is 9.86. The lowest BCUT2D eigenvalue weighted by molar-refractivity contribution is 0.0754. The lowest BCUT2D eigenvalue weighted by Gasteiger charge is -2.21. The Morgan fingerprint density at radius 1 is 0.136 bits per heavy atom. The van der Waals surface area contributed by atoms with Crippen LogP contribution < -0.4 is 5.73 Å². The van der Waals surface area contributed by atoms with Gasteiger partial charge >= 0.3 is 0 Å². The first-order chi connectivity index (χ1) is 57.1. The van der Waals surface area contributed by atoms with Crippen molar-refractivity contribution in [3.05, 3.63) is 0 Å². The van der Waals surface area contributed by atoms with Crippen LogP contribution in [0.2, 0.25) is 0 Å². The smallest absolute Gasteiger partial charge is 0.0478 e. The Balaban J connectivity index is -0.0000217. The molecule has 0 aliphatic carbocycles. The van der Waals surface area contributed by atoms with Crippen molar-refractivity contribution in [3.63, 3.8) is 0 Å². The van der Waals surface area contributed by atoms with E-state index in [0.717, 1.165) is 565 Å². The number of rotatable bonds is 109. The molecule has 0 aliphatic heterocycles. The molecule has 0 aromatic carbocycles. The fourth-order valence-electron chi connectivity index (χ4n) is 12.0. The molecule has 716 valence electrons. The number of hydrogen-bond donors (Lipinski definition) is 1. The Morgan fingerprint density at radius 2 is 0.229 bits per heavy atom. The maximum atomic E-state index is 5.87. The Kier molecular flexibility index (Phi) is 121. The largest absolute Gasteiger partial charge is 0.381 e. The van der Waals surface area contributed by atoms with E-state index in [9.17, 15) is 0 Å². The highest BCUT2D eigenvalue weighted by Gasteiger charge is 2.14. The first-order valence-electron chi connectivity index (χ1n) is 47.9. The molecule has 0 aliphatic rings. The molecular formula is C96H201NO21. The van der Waals surface area contributed by atoms with Crippen molar-refractivity contribution < 1.29 is 99.5 Å². The van der Waals surface area contributed by atoms with Crippen molar-refractivity contribution in [3.8, 4) is 0 Å². The van der Waals surface area contributed by atoms with Crippen LogP contribution in [0.15, 0.2) is 0 Å². The van der Waals surface area contributed by atoms with Crippen molar-refractivity contribution in [1.82, 2.24) is 0 Å². The van der Waals surface area contributed by atoms with Crippen LogP contribution in [-0.2, 0) is 99.5 Å². The van der Waals surface area contributed by atoms with Crippen molar-refractivity contribution in [2.45, 2.75) is 326 Å². The molecule has 0 fully saturated rings. The molecule has 2 atom stereocenters. The Hall–Kier alpha value is -0.880. The standard InChI is InChI=1S/C93H189NO21.3CH4/c1-91(2)90-93(4)92(3)46-89-115-87-44-43-85-113-83-40-39-81-111-79-36-35-77-109-75-32-31-73-107-71-28-27-69-105-67-24-23-65-103-63-20-19-61-101-59-16-15-57-99-55-12-11-53-97-51-8-7-49-95-48-5-6-50-96-52-9-10-54-98-56-13-14-58-100-60-17-18-62-102-64-21-22-66-104-68-25-26-70-106-72-29-30-74-108-76-33-34-78-110-80-37-38-82-112-84-41-42-86-114-88-45-47-94;;;/h91-93H,5-90,94H2,1-4H3;3*1H4. The van der Waals surface area contributed by atoms with Crippen LogP contribution in [0.5, 0.6) is 0 Å². The van der Waals surface area contributed by atoms with Crippen molar-refractivity contribution >= 4 is 0 Å². The normalized spacial score (nSPS) is 12.2. The fourth-order valence-corrected chi connectivity index (χ4v) is 12.0. The molecule has 2 unspecified atom stereocenters. The SMILES string of the molecule is C.C.C.CC(C)CC(C)C(C)CCOCCCCOCCCCOCCCCOCCCCOCCCCOCCCCOCCCCOCCCCOCCCCOCCCCOCCCCOCCCCOCCCCOCCCCOCCCCOCCCCOCCCCOCCCCOCCCCOCCCCOCCCN. The lowest BCUT2D eigenvalue weighted by Crippen LogP contribution is -2.13. The minimum Gasteiger partial charge on any atom is -0.381 e. The molecular weight excluding hydrogens is 1500 g/mol. The topological polar surface area (TPSA) is 220 Å². The van der Waals surface area contributed by atoms with Gasteiger partial charge in [0.05, 0.1) is 0 Å². The zero-order valence-electron chi connectivity index (χ0n) is 75.7. The summed E-state index contributed by atoms with van der Waals surface area (Å²) < 4.78 is 122. The van der Waals surface area contributed by atoms with E-state index in [1.807, 2.05) is 0 Å². The third-order valence-corrected chi connectivity index (χ3v) is 19.6. The first-order valence-corrected chi connectivity index (χ1v) is 47.9. The number of nitrogens with two attached hydrogens (primary N) is 1. The summed E-state index contributed by atoms with van der Waals surface area (Å²) >= 11 is 0. The van der Waals surface area contributed by atoms with Crippen LogP contribution >= 0.6 is 0 Å². The average Bonchev–Trinajstić information content (AvgIpc) is 0.961. The van der Waals surface area contributed by atoms with Gasteiger partial charge in [0.25, 0.3) is 0 Å². The third-order valence-electron chi connectivity index (χ3n) is 19.6. The summed E-state index contributed by atoms with van der Waals surface area (Å²) in [6, 6.07) is 0. The van der Waals surface area contributed by atoms with Gasteiger partial charge in [0, 0.05) is 277 Å². The van der Waals surface area contributed by atoms with Gasteiger partial charge < -0.3 is 105 Å². The van der Waals surface area contributed by atoms with Crippen LogP contribution in [0.4, 0.5) is 0 Å². The summed E-state index contributed by atoms with van der Waals surface area (Å²) in [4.78, 5) is 0.